The van der Waals surface area contributed by atoms with Gasteiger partial charge in [-0.1, -0.05) is 30.3 Å². The minimum Gasteiger partial charge on any atom is -0.396 e. The third kappa shape index (κ3) is 10.2. The van der Waals surface area contributed by atoms with Crippen molar-refractivity contribution in [3.8, 4) is 0 Å². The monoisotopic (exact) mass is 493 g/mol. The van der Waals surface area contributed by atoms with Crippen LogP contribution in [0.25, 0.3) is 0 Å². The predicted molar refractivity (Wildman–Crippen MR) is 130 cm³/mol. The smallest absolute Gasteiger partial charge is 0.240 e. The summed E-state index contributed by atoms with van der Waals surface area (Å²) in [4.78, 5) is 24.6. The third-order valence-electron chi connectivity index (χ3n) is 4.74. The molecule has 12 heteroatoms. The van der Waals surface area contributed by atoms with Crippen molar-refractivity contribution in [3.05, 3.63) is 41.7 Å². The number of nitrogens with zero attached hydrogens (tertiary/aromatic N) is 4. The SMILES string of the molecule is CC(C)(N)C(=O)N[C@H](COCc1ccccc1)c1nnnn1CCCC(=O)NCCSCCO. The minimum atomic E-state index is -1.08. The topological polar surface area (TPSA) is 157 Å². The van der Waals surface area contributed by atoms with Crippen molar-refractivity contribution in [2.24, 2.45) is 5.73 Å². The van der Waals surface area contributed by atoms with E-state index in [2.05, 4.69) is 26.2 Å². The van der Waals surface area contributed by atoms with Gasteiger partial charge in [-0.15, -0.1) is 5.10 Å². The lowest BCUT2D eigenvalue weighted by atomic mass is 10.1. The molecule has 0 aliphatic carbocycles. The second kappa shape index (κ2) is 14.7. The lowest BCUT2D eigenvalue weighted by Crippen LogP contribution is -2.51. The maximum absolute atomic E-state index is 12.5. The number of tetrazole rings is 1. The molecule has 0 aliphatic heterocycles. The molecule has 11 nitrogen and oxygen atoms in total. The van der Waals surface area contributed by atoms with Gasteiger partial charge in [0.05, 0.1) is 25.4 Å². The number of thioether (sulfide) groups is 1. The Hall–Kier alpha value is -2.54. The zero-order chi connectivity index (χ0) is 24.8. The number of ether oxygens (including phenoxy) is 1. The van der Waals surface area contributed by atoms with Crippen molar-refractivity contribution in [2.45, 2.75) is 51.4 Å². The van der Waals surface area contributed by atoms with Gasteiger partial charge in [0, 0.05) is 31.0 Å². The van der Waals surface area contributed by atoms with E-state index in [4.69, 9.17) is 15.6 Å². The molecule has 2 amide bonds. The van der Waals surface area contributed by atoms with E-state index >= 15 is 0 Å². The molecule has 0 fully saturated rings. The summed E-state index contributed by atoms with van der Waals surface area (Å²) in [5.74, 6) is 1.44. The van der Waals surface area contributed by atoms with Gasteiger partial charge >= 0.3 is 0 Å². The summed E-state index contributed by atoms with van der Waals surface area (Å²) in [7, 11) is 0. The van der Waals surface area contributed by atoms with Crippen LogP contribution in [0.1, 0.15) is 44.1 Å². The number of aliphatic hydroxyl groups is 1. The Bertz CT molecular complexity index is 874. The van der Waals surface area contributed by atoms with Gasteiger partial charge in [0.15, 0.2) is 5.82 Å². The molecule has 2 aromatic rings. The number of benzene rings is 1. The van der Waals surface area contributed by atoms with Crippen LogP contribution < -0.4 is 16.4 Å². The summed E-state index contributed by atoms with van der Waals surface area (Å²) >= 11 is 1.58. The van der Waals surface area contributed by atoms with E-state index < -0.39 is 11.6 Å². The highest BCUT2D eigenvalue weighted by molar-refractivity contribution is 7.99. The summed E-state index contributed by atoms with van der Waals surface area (Å²) in [6, 6.07) is 9.10. The molecule has 0 radical (unpaired) electrons. The number of aromatic nitrogens is 4. The first-order valence-electron chi connectivity index (χ1n) is 11.2. The van der Waals surface area contributed by atoms with Crippen LogP contribution in [0.2, 0.25) is 0 Å². The molecule has 1 aromatic carbocycles. The lowest BCUT2D eigenvalue weighted by Gasteiger charge is -2.23. The van der Waals surface area contributed by atoms with Gasteiger partial charge in [-0.2, -0.15) is 11.8 Å². The zero-order valence-corrected chi connectivity index (χ0v) is 20.6. The first kappa shape index (κ1) is 27.7. The molecule has 188 valence electrons. The summed E-state index contributed by atoms with van der Waals surface area (Å²) in [6.45, 7) is 4.87. The van der Waals surface area contributed by atoms with Crippen LogP contribution in [0.4, 0.5) is 0 Å². The molecular formula is C22H35N7O4S. The van der Waals surface area contributed by atoms with E-state index in [1.165, 1.54) is 0 Å². The van der Waals surface area contributed by atoms with Crippen LogP contribution >= 0.6 is 11.8 Å². The fourth-order valence-electron chi connectivity index (χ4n) is 2.92. The number of nitrogens with two attached hydrogens (primary N) is 1. The van der Waals surface area contributed by atoms with Crippen molar-refractivity contribution in [1.82, 2.24) is 30.8 Å². The number of aryl methyl sites for hydroxylation is 1. The number of hydrogen-bond acceptors (Lipinski definition) is 9. The quantitative estimate of drug-likeness (QED) is 0.243. The summed E-state index contributed by atoms with van der Waals surface area (Å²) in [6.07, 6.45) is 0.850. The maximum Gasteiger partial charge on any atom is 0.240 e. The van der Waals surface area contributed by atoms with E-state index in [1.807, 2.05) is 30.3 Å². The minimum absolute atomic E-state index is 0.0554. The lowest BCUT2D eigenvalue weighted by molar-refractivity contribution is -0.126. The summed E-state index contributed by atoms with van der Waals surface area (Å²) in [5.41, 5.74) is 5.88. The number of amides is 2. The molecule has 2 rings (SSSR count). The Morgan fingerprint density at radius 2 is 2.03 bits per heavy atom. The molecule has 0 bridgehead atoms. The molecule has 5 N–H and O–H groups in total. The molecule has 34 heavy (non-hydrogen) atoms. The Balaban J connectivity index is 1.92. The van der Waals surface area contributed by atoms with Crippen LogP contribution in [0.3, 0.4) is 0 Å². The predicted octanol–water partition coefficient (Wildman–Crippen LogP) is 0.406. The molecule has 0 saturated heterocycles. The van der Waals surface area contributed by atoms with Crippen molar-refractivity contribution in [1.29, 1.82) is 0 Å². The first-order valence-corrected chi connectivity index (χ1v) is 12.4. The molecule has 0 spiro atoms. The largest absolute Gasteiger partial charge is 0.396 e. The van der Waals surface area contributed by atoms with Crippen molar-refractivity contribution in [2.75, 3.05) is 31.3 Å². The van der Waals surface area contributed by atoms with Gasteiger partial charge in [-0.3, -0.25) is 9.59 Å². The van der Waals surface area contributed by atoms with Crippen LogP contribution in [0, 0.1) is 0 Å². The van der Waals surface area contributed by atoms with Gasteiger partial charge in [-0.05, 0) is 36.3 Å². The fraction of sp³-hybridized carbons (Fsp3) is 0.591. The van der Waals surface area contributed by atoms with Gasteiger partial charge < -0.3 is 26.2 Å². The maximum atomic E-state index is 12.5. The summed E-state index contributed by atoms with van der Waals surface area (Å²) in [5, 5.41) is 26.4. The van der Waals surface area contributed by atoms with E-state index in [1.54, 1.807) is 30.3 Å². The van der Waals surface area contributed by atoms with E-state index in [-0.39, 0.29) is 25.0 Å². The number of carbonyl (C=O) groups excluding carboxylic acids is 2. The number of carbonyl (C=O) groups is 2. The van der Waals surface area contributed by atoms with Gasteiger partial charge in [0.2, 0.25) is 11.8 Å². The average Bonchev–Trinajstić information content (AvgIpc) is 3.26. The first-order chi connectivity index (χ1) is 16.3. The number of nitrogens with one attached hydrogen (secondary N) is 2. The van der Waals surface area contributed by atoms with Gasteiger partial charge in [0.1, 0.15) is 6.04 Å². The van der Waals surface area contributed by atoms with Crippen LogP contribution in [-0.4, -0.2) is 73.9 Å². The van der Waals surface area contributed by atoms with Gasteiger partial charge in [-0.25, -0.2) is 4.68 Å². The highest BCUT2D eigenvalue weighted by atomic mass is 32.2. The molecule has 1 aromatic heterocycles. The Morgan fingerprint density at radius 1 is 1.26 bits per heavy atom. The number of rotatable bonds is 16. The summed E-state index contributed by atoms with van der Waals surface area (Å²) < 4.78 is 7.42. The Morgan fingerprint density at radius 3 is 2.74 bits per heavy atom. The van der Waals surface area contributed by atoms with Crippen molar-refractivity contribution >= 4 is 23.6 Å². The number of aliphatic hydroxyl groups excluding tert-OH is 1. The zero-order valence-electron chi connectivity index (χ0n) is 19.8. The molecular weight excluding hydrogens is 458 g/mol. The molecule has 0 aliphatic rings. The van der Waals surface area contributed by atoms with E-state index in [0.717, 1.165) is 11.3 Å². The fourth-order valence-corrected chi connectivity index (χ4v) is 3.50. The molecule has 0 saturated carbocycles. The van der Waals surface area contributed by atoms with Crippen LogP contribution in [0.5, 0.6) is 0 Å². The van der Waals surface area contributed by atoms with Gasteiger partial charge in [0.25, 0.3) is 0 Å². The number of hydrogen-bond donors (Lipinski definition) is 4. The average molecular weight is 494 g/mol. The standard InChI is InChI=1S/C22H35N7O4S/c1-22(2,23)21(32)25-18(16-33-15-17-7-4-3-5-8-17)20-26-27-28-29(20)11-6-9-19(31)24-10-13-34-14-12-30/h3-5,7-8,18,30H,6,9-16,23H2,1-2H3,(H,24,31)(H,25,32)/t18-/m1/s1. The third-order valence-corrected chi connectivity index (χ3v) is 5.70. The van der Waals surface area contributed by atoms with Crippen LogP contribution in [0.15, 0.2) is 30.3 Å². The second-order valence-corrected chi connectivity index (χ2v) is 9.52. The Labute approximate surface area is 204 Å². The highest BCUT2D eigenvalue weighted by Crippen LogP contribution is 2.14. The van der Waals surface area contributed by atoms with Crippen LogP contribution in [-0.2, 0) is 27.5 Å². The normalized spacial score (nSPS) is 12.4. The van der Waals surface area contributed by atoms with Crippen molar-refractivity contribution in [3.63, 3.8) is 0 Å². The second-order valence-electron chi connectivity index (χ2n) is 8.30. The van der Waals surface area contributed by atoms with Crippen molar-refractivity contribution < 1.29 is 19.4 Å². The molecule has 1 heterocycles. The molecule has 0 unspecified atom stereocenters. The van der Waals surface area contributed by atoms with E-state index in [9.17, 15) is 9.59 Å². The Kier molecular flexibility index (Phi) is 11.9. The van der Waals surface area contributed by atoms with E-state index in [0.29, 0.717) is 44.1 Å². The highest BCUT2D eigenvalue weighted by Gasteiger charge is 2.28. The molecule has 1 atom stereocenters.